The fourth-order valence-electron chi connectivity index (χ4n) is 3.61. The molecule has 3 nitrogen and oxygen atoms in total. The van der Waals surface area contributed by atoms with E-state index in [1.165, 1.54) is 27.8 Å². The van der Waals surface area contributed by atoms with Crippen LogP contribution in [-0.4, -0.2) is 16.5 Å². The van der Waals surface area contributed by atoms with Gasteiger partial charge in [0.05, 0.1) is 19.0 Å². The van der Waals surface area contributed by atoms with Gasteiger partial charge in [0.15, 0.2) is 0 Å². The van der Waals surface area contributed by atoms with Crippen LogP contribution in [-0.2, 0) is 24.3 Å². The second kappa shape index (κ2) is 5.34. The zero-order valence-corrected chi connectivity index (χ0v) is 13.5. The molecule has 0 spiro atoms. The third-order valence-corrected chi connectivity index (χ3v) is 5.05. The minimum Gasteiger partial charge on any atom is -0.331 e. The van der Waals surface area contributed by atoms with Gasteiger partial charge in [-0.2, -0.15) is 0 Å². The summed E-state index contributed by atoms with van der Waals surface area (Å²) in [5.41, 5.74) is 7.26. The molecule has 2 aliphatic heterocycles. The van der Waals surface area contributed by atoms with Crippen LogP contribution in [0.25, 0.3) is 0 Å². The summed E-state index contributed by atoms with van der Waals surface area (Å²) >= 11 is 0. The third-order valence-electron chi connectivity index (χ3n) is 5.05. The summed E-state index contributed by atoms with van der Waals surface area (Å²) in [6.45, 7) is 5.62. The molecular formula is C20H20N2O. The number of nitrogens with zero attached hydrogens (tertiary/aromatic N) is 2. The van der Waals surface area contributed by atoms with E-state index >= 15 is 0 Å². The van der Waals surface area contributed by atoms with Crippen LogP contribution in [0.2, 0.25) is 0 Å². The van der Waals surface area contributed by atoms with E-state index in [0.717, 1.165) is 12.3 Å². The van der Waals surface area contributed by atoms with Crippen LogP contribution in [0, 0.1) is 0 Å². The van der Waals surface area contributed by atoms with Crippen LogP contribution in [0.3, 0.4) is 0 Å². The molecule has 2 aromatic rings. The summed E-state index contributed by atoms with van der Waals surface area (Å²) in [6.07, 6.45) is 0.499. The zero-order chi connectivity index (χ0) is 16.0. The Morgan fingerprint density at radius 1 is 1.09 bits per heavy atom. The fraction of sp³-hybridized carbons (Fsp3) is 0.300. The maximum atomic E-state index is 12.6. The van der Waals surface area contributed by atoms with E-state index in [0.29, 0.717) is 13.0 Å². The molecule has 0 saturated heterocycles. The standard InChI is InChI=1S/C20H20N2O/c1-13-19-9-18-12-22(14(2)15-6-4-3-5-7-15)20(23)10-16(18)8-17(19)11-21-13/h3-9,14H,10-12H2,1-2H3/t14-/m1/s1. The van der Waals surface area contributed by atoms with Crippen LogP contribution >= 0.6 is 0 Å². The second-order valence-electron chi connectivity index (χ2n) is 6.46. The average Bonchev–Trinajstić information content (AvgIpc) is 2.93. The quantitative estimate of drug-likeness (QED) is 0.833. The lowest BCUT2D eigenvalue weighted by Crippen LogP contribution is -2.38. The lowest BCUT2D eigenvalue weighted by Gasteiger charge is -2.34. The summed E-state index contributed by atoms with van der Waals surface area (Å²) in [5, 5.41) is 0. The molecule has 0 N–H and O–H groups in total. The van der Waals surface area contributed by atoms with E-state index in [-0.39, 0.29) is 11.9 Å². The van der Waals surface area contributed by atoms with Crippen LogP contribution in [0.1, 0.15) is 47.7 Å². The molecule has 0 bridgehead atoms. The Bertz CT molecular complexity index is 808. The van der Waals surface area contributed by atoms with Gasteiger partial charge in [-0.25, -0.2) is 0 Å². The van der Waals surface area contributed by atoms with Gasteiger partial charge < -0.3 is 4.90 Å². The van der Waals surface area contributed by atoms with Gasteiger partial charge in [-0.3, -0.25) is 9.79 Å². The smallest absolute Gasteiger partial charge is 0.227 e. The van der Waals surface area contributed by atoms with Crippen molar-refractivity contribution in [3.05, 3.63) is 70.3 Å². The highest BCUT2D eigenvalue weighted by Gasteiger charge is 2.29. The number of carbonyl (C=O) groups excluding carboxylic acids is 1. The molecule has 2 aliphatic rings. The first-order valence-electron chi connectivity index (χ1n) is 8.14. The van der Waals surface area contributed by atoms with Gasteiger partial charge in [-0.05, 0) is 42.2 Å². The number of amides is 1. The summed E-state index contributed by atoms with van der Waals surface area (Å²) in [7, 11) is 0. The lowest BCUT2D eigenvalue weighted by atomic mass is 9.91. The number of fused-ring (bicyclic) bond motifs is 2. The van der Waals surface area contributed by atoms with Crippen molar-refractivity contribution in [2.24, 2.45) is 4.99 Å². The van der Waals surface area contributed by atoms with Crippen LogP contribution in [0.15, 0.2) is 47.5 Å². The molecule has 0 aromatic heterocycles. The predicted octanol–water partition coefficient (Wildman–Crippen LogP) is 3.66. The van der Waals surface area contributed by atoms with Crippen molar-refractivity contribution in [2.75, 3.05) is 0 Å². The normalized spacial score (nSPS) is 17.6. The summed E-state index contributed by atoms with van der Waals surface area (Å²) < 4.78 is 0. The van der Waals surface area contributed by atoms with E-state index in [2.05, 4.69) is 43.1 Å². The van der Waals surface area contributed by atoms with Crippen molar-refractivity contribution in [3.63, 3.8) is 0 Å². The molecule has 0 aliphatic carbocycles. The molecule has 0 unspecified atom stereocenters. The van der Waals surface area contributed by atoms with Crippen molar-refractivity contribution >= 4 is 11.6 Å². The van der Waals surface area contributed by atoms with E-state index in [1.54, 1.807) is 0 Å². The highest BCUT2D eigenvalue weighted by Crippen LogP contribution is 2.31. The first kappa shape index (κ1) is 14.2. The number of rotatable bonds is 2. The Kier molecular flexibility index (Phi) is 3.29. The molecule has 2 aromatic carbocycles. The average molecular weight is 304 g/mol. The van der Waals surface area contributed by atoms with Gasteiger partial charge in [-0.15, -0.1) is 0 Å². The predicted molar refractivity (Wildman–Crippen MR) is 91.5 cm³/mol. The first-order chi connectivity index (χ1) is 11.1. The van der Waals surface area contributed by atoms with Crippen molar-refractivity contribution in [1.82, 2.24) is 4.90 Å². The fourth-order valence-corrected chi connectivity index (χ4v) is 3.61. The van der Waals surface area contributed by atoms with Crippen molar-refractivity contribution in [2.45, 2.75) is 39.4 Å². The SMILES string of the molecule is CC1=NCc2cc3c(cc21)CN([C@H](C)c1ccccc1)C(=O)C3. The molecule has 116 valence electrons. The van der Waals surface area contributed by atoms with Gasteiger partial charge in [-0.1, -0.05) is 36.4 Å². The van der Waals surface area contributed by atoms with Gasteiger partial charge in [0.25, 0.3) is 0 Å². The molecule has 0 saturated carbocycles. The summed E-state index contributed by atoms with van der Waals surface area (Å²) in [5.74, 6) is 0.212. The number of hydrogen-bond acceptors (Lipinski definition) is 2. The highest BCUT2D eigenvalue weighted by molar-refractivity contribution is 6.02. The van der Waals surface area contributed by atoms with Crippen molar-refractivity contribution in [1.29, 1.82) is 0 Å². The Morgan fingerprint density at radius 2 is 1.87 bits per heavy atom. The first-order valence-corrected chi connectivity index (χ1v) is 8.14. The number of benzene rings is 2. The van der Waals surface area contributed by atoms with Crippen molar-refractivity contribution in [3.8, 4) is 0 Å². The van der Waals surface area contributed by atoms with Crippen LogP contribution in [0.4, 0.5) is 0 Å². The Morgan fingerprint density at radius 3 is 2.65 bits per heavy atom. The van der Waals surface area contributed by atoms with Crippen LogP contribution in [0.5, 0.6) is 0 Å². The molecular weight excluding hydrogens is 284 g/mol. The van der Waals surface area contributed by atoms with E-state index in [4.69, 9.17) is 0 Å². The van der Waals surface area contributed by atoms with Crippen molar-refractivity contribution < 1.29 is 4.79 Å². The number of hydrogen-bond donors (Lipinski definition) is 0. The van der Waals surface area contributed by atoms with Gasteiger partial charge in [0, 0.05) is 17.8 Å². The molecule has 2 heterocycles. The molecule has 3 heteroatoms. The minimum absolute atomic E-state index is 0.0971. The van der Waals surface area contributed by atoms with Gasteiger partial charge in [0.2, 0.25) is 5.91 Å². The molecule has 0 radical (unpaired) electrons. The van der Waals surface area contributed by atoms with E-state index in [9.17, 15) is 4.79 Å². The minimum atomic E-state index is 0.0971. The monoisotopic (exact) mass is 304 g/mol. The van der Waals surface area contributed by atoms with Gasteiger partial charge >= 0.3 is 0 Å². The lowest BCUT2D eigenvalue weighted by molar-refractivity contribution is -0.134. The van der Waals surface area contributed by atoms with E-state index in [1.807, 2.05) is 23.1 Å². The Balaban J connectivity index is 1.68. The maximum Gasteiger partial charge on any atom is 0.227 e. The molecule has 0 fully saturated rings. The van der Waals surface area contributed by atoms with Gasteiger partial charge in [0.1, 0.15) is 0 Å². The summed E-state index contributed by atoms with van der Waals surface area (Å²) in [6, 6.07) is 14.8. The third kappa shape index (κ3) is 2.37. The molecule has 1 atom stereocenters. The Labute approximate surface area is 136 Å². The second-order valence-corrected chi connectivity index (χ2v) is 6.46. The van der Waals surface area contributed by atoms with Crippen LogP contribution < -0.4 is 0 Å². The van der Waals surface area contributed by atoms with E-state index < -0.39 is 0 Å². The zero-order valence-electron chi connectivity index (χ0n) is 13.5. The molecule has 4 rings (SSSR count). The topological polar surface area (TPSA) is 32.7 Å². The Hall–Kier alpha value is -2.42. The number of aliphatic imine (C=N–C) groups is 1. The maximum absolute atomic E-state index is 12.6. The molecule has 23 heavy (non-hydrogen) atoms. The largest absolute Gasteiger partial charge is 0.331 e. The highest BCUT2D eigenvalue weighted by atomic mass is 16.2. The summed E-state index contributed by atoms with van der Waals surface area (Å²) in [4.78, 5) is 19.1. The molecule has 1 amide bonds. The number of carbonyl (C=O) groups is 1.